The summed E-state index contributed by atoms with van der Waals surface area (Å²) in [6.07, 6.45) is 6.00. The number of methoxy groups -OCH3 is 1. The molecule has 0 N–H and O–H groups in total. The second-order valence-corrected chi connectivity index (χ2v) is 3.46. The molecule has 1 unspecified atom stereocenters. The minimum Gasteiger partial charge on any atom is -0.501 e. The predicted octanol–water partition coefficient (Wildman–Crippen LogP) is 2.49. The first-order chi connectivity index (χ1) is 5.72. The quantitative estimate of drug-likeness (QED) is 0.648. The van der Waals surface area contributed by atoms with Gasteiger partial charge in [0.1, 0.15) is 0 Å². The van der Waals surface area contributed by atoms with E-state index in [1.807, 2.05) is 0 Å². The minimum absolute atomic E-state index is 0.340. The third-order valence-electron chi connectivity index (χ3n) is 2.05. The SMILES string of the molecule is COC1=CCC(OC(C)C)CC1. The van der Waals surface area contributed by atoms with Gasteiger partial charge in [0.25, 0.3) is 0 Å². The molecule has 1 aliphatic carbocycles. The second kappa shape index (κ2) is 4.51. The molecule has 2 heteroatoms. The molecule has 0 aromatic rings. The molecule has 0 heterocycles. The number of allylic oxidation sites excluding steroid dienone is 1. The van der Waals surface area contributed by atoms with E-state index < -0.39 is 0 Å². The summed E-state index contributed by atoms with van der Waals surface area (Å²) in [5.41, 5.74) is 0. The largest absolute Gasteiger partial charge is 0.501 e. The lowest BCUT2D eigenvalue weighted by molar-refractivity contribution is -0.000735. The Labute approximate surface area is 74.6 Å². The van der Waals surface area contributed by atoms with Crippen LogP contribution in [0.2, 0.25) is 0 Å². The van der Waals surface area contributed by atoms with E-state index in [-0.39, 0.29) is 0 Å². The van der Waals surface area contributed by atoms with Gasteiger partial charge in [-0.25, -0.2) is 0 Å². The zero-order valence-corrected chi connectivity index (χ0v) is 8.17. The van der Waals surface area contributed by atoms with Crippen LogP contribution < -0.4 is 0 Å². The molecule has 12 heavy (non-hydrogen) atoms. The van der Waals surface area contributed by atoms with Crippen molar-refractivity contribution in [3.8, 4) is 0 Å². The van der Waals surface area contributed by atoms with Crippen LogP contribution in [0.15, 0.2) is 11.8 Å². The van der Waals surface area contributed by atoms with Crippen molar-refractivity contribution in [3.63, 3.8) is 0 Å². The number of hydrogen-bond donors (Lipinski definition) is 0. The third kappa shape index (κ3) is 2.86. The van der Waals surface area contributed by atoms with E-state index in [0.717, 1.165) is 25.0 Å². The van der Waals surface area contributed by atoms with E-state index in [2.05, 4.69) is 19.9 Å². The van der Waals surface area contributed by atoms with Gasteiger partial charge in [-0.2, -0.15) is 0 Å². The van der Waals surface area contributed by atoms with Gasteiger partial charge in [0, 0.05) is 6.42 Å². The Kier molecular flexibility index (Phi) is 3.60. The highest BCUT2D eigenvalue weighted by atomic mass is 16.5. The third-order valence-corrected chi connectivity index (χ3v) is 2.05. The predicted molar refractivity (Wildman–Crippen MR) is 49.0 cm³/mol. The molecule has 0 bridgehead atoms. The van der Waals surface area contributed by atoms with Crippen LogP contribution in [0.5, 0.6) is 0 Å². The van der Waals surface area contributed by atoms with Crippen molar-refractivity contribution in [2.75, 3.05) is 7.11 Å². The van der Waals surface area contributed by atoms with Gasteiger partial charge in [0.05, 0.1) is 25.1 Å². The average molecular weight is 170 g/mol. The van der Waals surface area contributed by atoms with Crippen molar-refractivity contribution in [2.45, 2.75) is 45.3 Å². The summed E-state index contributed by atoms with van der Waals surface area (Å²) in [5, 5.41) is 0. The Morgan fingerprint density at radius 2 is 2.25 bits per heavy atom. The molecule has 0 aromatic carbocycles. The fraction of sp³-hybridized carbons (Fsp3) is 0.800. The van der Waals surface area contributed by atoms with E-state index >= 15 is 0 Å². The summed E-state index contributed by atoms with van der Waals surface area (Å²) in [6, 6.07) is 0. The Morgan fingerprint density at radius 1 is 1.50 bits per heavy atom. The van der Waals surface area contributed by atoms with Gasteiger partial charge < -0.3 is 9.47 Å². The van der Waals surface area contributed by atoms with Gasteiger partial charge in [-0.15, -0.1) is 0 Å². The molecule has 0 radical (unpaired) electrons. The molecule has 0 amide bonds. The molecule has 0 spiro atoms. The molecule has 1 atom stereocenters. The van der Waals surface area contributed by atoms with Crippen molar-refractivity contribution < 1.29 is 9.47 Å². The highest BCUT2D eigenvalue weighted by molar-refractivity contribution is 4.99. The Bertz CT molecular complexity index is 161. The molecular formula is C10H18O2. The highest BCUT2D eigenvalue weighted by Gasteiger charge is 2.15. The summed E-state index contributed by atoms with van der Waals surface area (Å²) in [5.74, 6) is 1.11. The molecule has 0 fully saturated rings. The fourth-order valence-electron chi connectivity index (χ4n) is 1.48. The molecule has 1 aliphatic rings. The standard InChI is InChI=1S/C10H18O2/c1-8(2)12-10-6-4-9(11-3)5-7-10/h4,8,10H,5-7H2,1-3H3. The van der Waals surface area contributed by atoms with Crippen molar-refractivity contribution in [3.05, 3.63) is 11.8 Å². The average Bonchev–Trinajstić information content (AvgIpc) is 2.05. The van der Waals surface area contributed by atoms with E-state index in [9.17, 15) is 0 Å². The zero-order chi connectivity index (χ0) is 8.97. The van der Waals surface area contributed by atoms with Gasteiger partial charge in [-0.05, 0) is 32.8 Å². The van der Waals surface area contributed by atoms with Crippen LogP contribution in [0, 0.1) is 0 Å². The first kappa shape index (κ1) is 9.59. The first-order valence-corrected chi connectivity index (χ1v) is 4.61. The summed E-state index contributed by atoms with van der Waals surface area (Å²) in [4.78, 5) is 0. The summed E-state index contributed by atoms with van der Waals surface area (Å²) in [6.45, 7) is 4.16. The van der Waals surface area contributed by atoms with E-state index in [0.29, 0.717) is 12.2 Å². The van der Waals surface area contributed by atoms with E-state index in [4.69, 9.17) is 9.47 Å². The van der Waals surface area contributed by atoms with Crippen LogP contribution in [0.1, 0.15) is 33.1 Å². The summed E-state index contributed by atoms with van der Waals surface area (Å²) < 4.78 is 10.8. The second-order valence-electron chi connectivity index (χ2n) is 3.46. The van der Waals surface area contributed by atoms with Crippen LogP contribution in [0.3, 0.4) is 0 Å². The van der Waals surface area contributed by atoms with Crippen LogP contribution in [0.4, 0.5) is 0 Å². The monoisotopic (exact) mass is 170 g/mol. The van der Waals surface area contributed by atoms with Gasteiger partial charge in [-0.3, -0.25) is 0 Å². The number of hydrogen-bond acceptors (Lipinski definition) is 2. The van der Waals surface area contributed by atoms with Crippen molar-refractivity contribution in [1.29, 1.82) is 0 Å². The van der Waals surface area contributed by atoms with E-state index in [1.165, 1.54) is 0 Å². The Morgan fingerprint density at radius 3 is 2.67 bits per heavy atom. The molecular weight excluding hydrogens is 152 g/mol. The Balaban J connectivity index is 2.31. The Hall–Kier alpha value is -0.500. The fourth-order valence-corrected chi connectivity index (χ4v) is 1.48. The topological polar surface area (TPSA) is 18.5 Å². The van der Waals surface area contributed by atoms with Gasteiger partial charge in [0.15, 0.2) is 0 Å². The normalized spacial score (nSPS) is 24.0. The highest BCUT2D eigenvalue weighted by Crippen LogP contribution is 2.21. The maximum Gasteiger partial charge on any atom is 0.0917 e. The van der Waals surface area contributed by atoms with Gasteiger partial charge in [0.2, 0.25) is 0 Å². The molecule has 2 nitrogen and oxygen atoms in total. The van der Waals surface area contributed by atoms with Crippen LogP contribution >= 0.6 is 0 Å². The molecule has 1 rings (SSSR count). The maximum absolute atomic E-state index is 5.68. The van der Waals surface area contributed by atoms with Crippen molar-refractivity contribution >= 4 is 0 Å². The summed E-state index contributed by atoms with van der Waals surface area (Å²) in [7, 11) is 1.73. The van der Waals surface area contributed by atoms with Crippen LogP contribution in [-0.2, 0) is 9.47 Å². The van der Waals surface area contributed by atoms with Crippen molar-refractivity contribution in [2.24, 2.45) is 0 Å². The maximum atomic E-state index is 5.68. The van der Waals surface area contributed by atoms with Gasteiger partial charge >= 0.3 is 0 Å². The molecule has 0 saturated carbocycles. The molecule has 0 aromatic heterocycles. The minimum atomic E-state index is 0.340. The first-order valence-electron chi connectivity index (χ1n) is 4.61. The molecule has 0 saturated heterocycles. The van der Waals surface area contributed by atoms with Crippen LogP contribution in [-0.4, -0.2) is 19.3 Å². The summed E-state index contributed by atoms with van der Waals surface area (Å²) >= 11 is 0. The zero-order valence-electron chi connectivity index (χ0n) is 8.17. The van der Waals surface area contributed by atoms with Crippen molar-refractivity contribution in [1.82, 2.24) is 0 Å². The number of rotatable bonds is 3. The lowest BCUT2D eigenvalue weighted by atomic mass is 10.0. The molecule has 0 aliphatic heterocycles. The lowest BCUT2D eigenvalue weighted by Crippen LogP contribution is -2.20. The number of ether oxygens (including phenoxy) is 2. The smallest absolute Gasteiger partial charge is 0.0917 e. The molecule has 70 valence electrons. The van der Waals surface area contributed by atoms with Gasteiger partial charge in [-0.1, -0.05) is 0 Å². The van der Waals surface area contributed by atoms with E-state index in [1.54, 1.807) is 7.11 Å². The lowest BCUT2D eigenvalue weighted by Gasteiger charge is -2.23. The van der Waals surface area contributed by atoms with Crippen LogP contribution in [0.25, 0.3) is 0 Å².